The number of nitriles is 1. The van der Waals surface area contributed by atoms with Gasteiger partial charge in [-0.25, -0.2) is 5.26 Å². The van der Waals surface area contributed by atoms with E-state index < -0.39 is 0 Å². The van der Waals surface area contributed by atoms with Crippen LogP contribution in [0, 0.1) is 10.7 Å². The Morgan fingerprint density at radius 3 is 1.60 bits per heavy atom. The maximum Gasteiger partial charge on any atom is 1.00 e. The average Bonchev–Trinajstić information content (AvgIpc) is 0.918. The fourth-order valence-corrected chi connectivity index (χ4v) is 0. The van der Waals surface area contributed by atoms with Gasteiger partial charge in [-0.2, -0.15) is 0 Å². The molecule has 0 saturated heterocycles. The Hall–Kier alpha value is 0.930. The van der Waals surface area contributed by atoms with Crippen molar-refractivity contribution >= 4 is 12.6 Å². The Morgan fingerprint density at radius 2 is 1.60 bits per heavy atom. The molecule has 4 heteroatoms. The number of hydrogen-bond acceptors (Lipinski definition) is 2. The molecule has 0 aromatic rings. The van der Waals surface area contributed by atoms with Gasteiger partial charge in [0, 0.05) is 0 Å². The summed E-state index contributed by atoms with van der Waals surface area (Å²) >= 11 is 3.70. The van der Waals surface area contributed by atoms with Gasteiger partial charge in [0.05, 0.1) is 0 Å². The van der Waals surface area contributed by atoms with Crippen molar-refractivity contribution in [2.24, 2.45) is 0 Å². The maximum atomic E-state index is 7.13. The largest absolute Gasteiger partial charge is 1.00 e. The normalized spacial score (nSPS) is 1.40. The Balaban J connectivity index is -0.0000000200. The summed E-state index contributed by atoms with van der Waals surface area (Å²) in [6.07, 6.45) is 0. The molecule has 0 spiro atoms. The van der Waals surface area contributed by atoms with E-state index in [-0.39, 0.29) is 39.4 Å². The molecule has 0 aliphatic rings. The Labute approximate surface area is 62.4 Å². The zero-order valence-electron chi connectivity index (χ0n) is 2.03. The van der Waals surface area contributed by atoms with E-state index in [1.165, 1.54) is 5.40 Å². The summed E-state index contributed by atoms with van der Waals surface area (Å²) in [6, 6.07) is 0. The molecule has 1 nitrogen and oxygen atoms in total. The molecule has 0 unspecified atom stereocenters. The molecular formula is CAgBrNS-. The summed E-state index contributed by atoms with van der Waals surface area (Å²) in [6.45, 7) is 0. The van der Waals surface area contributed by atoms with Crippen molar-refractivity contribution in [2.45, 2.75) is 0 Å². The minimum atomic E-state index is 0. The zero-order valence-corrected chi connectivity index (χ0v) is 5.92. The second-order valence-corrected chi connectivity index (χ2v) is 0.274. The van der Waals surface area contributed by atoms with Crippen LogP contribution >= 0.6 is 0 Å². The van der Waals surface area contributed by atoms with E-state index in [4.69, 9.17) is 5.26 Å². The molecule has 0 saturated carbocycles. The van der Waals surface area contributed by atoms with E-state index in [1.807, 2.05) is 0 Å². The predicted molar refractivity (Wildman–Crippen MR) is 13.0 cm³/mol. The van der Waals surface area contributed by atoms with Gasteiger partial charge < -0.3 is 29.6 Å². The monoisotopic (exact) mass is 244 g/mol. The van der Waals surface area contributed by atoms with Crippen molar-refractivity contribution < 1.29 is 39.4 Å². The first-order chi connectivity index (χ1) is 1.41. The van der Waals surface area contributed by atoms with Crippen LogP contribution in [-0.4, -0.2) is 0 Å². The molecule has 0 radical (unpaired) electrons. The molecule has 0 rings (SSSR count). The SMILES string of the molecule is N#C[S-].[Ag+].[Br-]. The van der Waals surface area contributed by atoms with Crippen LogP contribution in [0.4, 0.5) is 0 Å². The first kappa shape index (κ1) is 16.8. The van der Waals surface area contributed by atoms with Crippen LogP contribution in [0.1, 0.15) is 0 Å². The van der Waals surface area contributed by atoms with Crippen molar-refractivity contribution in [1.29, 1.82) is 5.26 Å². The van der Waals surface area contributed by atoms with Crippen LogP contribution in [0.5, 0.6) is 0 Å². The number of thiocyanates is 1. The van der Waals surface area contributed by atoms with E-state index in [1.54, 1.807) is 0 Å². The van der Waals surface area contributed by atoms with E-state index in [0.29, 0.717) is 0 Å². The summed E-state index contributed by atoms with van der Waals surface area (Å²) in [4.78, 5) is 0. The molecule has 0 amide bonds. The first-order valence-electron chi connectivity index (χ1n) is 0.428. The van der Waals surface area contributed by atoms with Crippen LogP contribution in [0.25, 0.3) is 0 Å². The summed E-state index contributed by atoms with van der Waals surface area (Å²) in [7, 11) is 0. The smallest absolute Gasteiger partial charge is 1.00 e. The van der Waals surface area contributed by atoms with Gasteiger partial charge in [-0.3, -0.25) is 0 Å². The van der Waals surface area contributed by atoms with Gasteiger partial charge >= 0.3 is 22.4 Å². The average molecular weight is 246 g/mol. The van der Waals surface area contributed by atoms with Crippen molar-refractivity contribution in [2.75, 3.05) is 0 Å². The van der Waals surface area contributed by atoms with Gasteiger partial charge in [-0.15, -0.1) is 0 Å². The summed E-state index contributed by atoms with van der Waals surface area (Å²) < 4.78 is 0. The van der Waals surface area contributed by atoms with Crippen molar-refractivity contribution in [3.05, 3.63) is 0 Å². The molecular weight excluding hydrogens is 246 g/mol. The fourth-order valence-electron chi connectivity index (χ4n) is 0. The summed E-state index contributed by atoms with van der Waals surface area (Å²) in [5.74, 6) is 0. The van der Waals surface area contributed by atoms with Crippen LogP contribution < -0.4 is 17.0 Å². The van der Waals surface area contributed by atoms with Gasteiger partial charge in [0.15, 0.2) is 0 Å². The van der Waals surface area contributed by atoms with E-state index in [2.05, 4.69) is 12.6 Å². The van der Waals surface area contributed by atoms with Crippen molar-refractivity contribution in [3.8, 4) is 5.40 Å². The van der Waals surface area contributed by atoms with Crippen LogP contribution in [0.15, 0.2) is 0 Å². The van der Waals surface area contributed by atoms with Gasteiger partial charge in [-0.05, 0) is 0 Å². The maximum absolute atomic E-state index is 7.13. The molecule has 0 fully saturated rings. The van der Waals surface area contributed by atoms with Crippen molar-refractivity contribution in [1.82, 2.24) is 0 Å². The Kier molecular flexibility index (Phi) is 68.6. The van der Waals surface area contributed by atoms with Crippen LogP contribution in [0.3, 0.4) is 0 Å². The molecule has 0 N–H and O–H groups in total. The second kappa shape index (κ2) is 20.4. The van der Waals surface area contributed by atoms with E-state index in [9.17, 15) is 0 Å². The fraction of sp³-hybridized carbons (Fsp3) is 0. The van der Waals surface area contributed by atoms with Gasteiger partial charge in [0.2, 0.25) is 0 Å². The van der Waals surface area contributed by atoms with Gasteiger partial charge in [-0.1, -0.05) is 5.40 Å². The van der Waals surface area contributed by atoms with Gasteiger partial charge in [0.1, 0.15) is 0 Å². The number of rotatable bonds is 0. The molecule has 0 aromatic carbocycles. The van der Waals surface area contributed by atoms with E-state index in [0.717, 1.165) is 0 Å². The Bertz CT molecular complexity index is 33.1. The second-order valence-electron chi connectivity index (χ2n) is 0.0913. The predicted octanol–water partition coefficient (Wildman–Crippen LogP) is -2.98. The third-order valence-corrected chi connectivity index (χ3v) is 0. The first-order valence-corrected chi connectivity index (χ1v) is 0.836. The quantitative estimate of drug-likeness (QED) is 0.258. The molecule has 0 bridgehead atoms. The van der Waals surface area contributed by atoms with Crippen LogP contribution in [0.2, 0.25) is 0 Å². The minimum Gasteiger partial charge on any atom is -1.00 e. The standard InChI is InChI=1S/CHNS.Ag.BrH/c2-1-3;;/h3H;;1H/q;+1;/p-2. The molecule has 0 atom stereocenters. The Morgan fingerprint density at radius 1 is 1.60 bits per heavy atom. The van der Waals surface area contributed by atoms with Crippen molar-refractivity contribution in [3.63, 3.8) is 0 Å². The van der Waals surface area contributed by atoms with E-state index >= 15 is 0 Å². The van der Waals surface area contributed by atoms with Crippen LogP contribution in [-0.2, 0) is 35.0 Å². The summed E-state index contributed by atoms with van der Waals surface area (Å²) in [5, 5.41) is 8.47. The molecule has 0 heterocycles. The zero-order chi connectivity index (χ0) is 2.71. The molecule has 34 valence electrons. The van der Waals surface area contributed by atoms with Gasteiger partial charge in [0.25, 0.3) is 0 Å². The minimum absolute atomic E-state index is 0. The molecule has 0 aliphatic carbocycles. The number of nitrogens with zero attached hydrogens (tertiary/aromatic N) is 1. The summed E-state index contributed by atoms with van der Waals surface area (Å²) in [5.41, 5.74) is 0. The molecule has 5 heavy (non-hydrogen) atoms. The topological polar surface area (TPSA) is 23.8 Å². The third-order valence-electron chi connectivity index (χ3n) is 0. The molecule has 0 aliphatic heterocycles. The number of halogens is 1. The molecule has 0 aromatic heterocycles. The number of hydrogen-bond donors (Lipinski definition) is 0. The third kappa shape index (κ3) is 48.9.